The number of carbonyl (C=O) groups is 4. The Bertz CT molecular complexity index is 1920. The van der Waals surface area contributed by atoms with Crippen LogP contribution in [0.15, 0.2) is 36.5 Å². The Hall–Kier alpha value is -4.70. The maximum absolute atomic E-state index is 13.7. The first-order valence-corrected chi connectivity index (χ1v) is 19.6. The molecule has 3 aliphatic heterocycles. The van der Waals surface area contributed by atoms with Crippen LogP contribution in [0.4, 0.5) is 30.2 Å². The van der Waals surface area contributed by atoms with Crippen LogP contribution in [0.5, 0.6) is 0 Å². The summed E-state index contributed by atoms with van der Waals surface area (Å²) in [6.07, 6.45) is -0.230. The minimum atomic E-state index is -4.83. The van der Waals surface area contributed by atoms with Gasteiger partial charge in [0.1, 0.15) is 17.6 Å². The monoisotopic (exact) mass is 811 g/mol. The Kier molecular flexibility index (Phi) is 12.5. The highest BCUT2D eigenvalue weighted by atomic mass is 32.1. The van der Waals surface area contributed by atoms with Gasteiger partial charge in [-0.1, -0.05) is 6.07 Å². The molecule has 57 heavy (non-hydrogen) atoms. The third kappa shape index (κ3) is 9.38. The molecule has 14 nitrogen and oxygen atoms in total. The van der Waals surface area contributed by atoms with Crippen LogP contribution in [-0.4, -0.2) is 117 Å². The summed E-state index contributed by atoms with van der Waals surface area (Å²) in [6.45, 7) is 10.7. The van der Waals surface area contributed by atoms with E-state index >= 15 is 0 Å². The smallest absolute Gasteiger partial charge is 0.377 e. The van der Waals surface area contributed by atoms with E-state index in [2.05, 4.69) is 44.6 Å². The number of thiocarbonyl (C=S) groups is 1. The number of amides is 4. The molecular formula is C39H48F3N9O5S. The van der Waals surface area contributed by atoms with Crippen molar-refractivity contribution in [2.24, 2.45) is 0 Å². The summed E-state index contributed by atoms with van der Waals surface area (Å²) in [7, 11) is 0. The number of benzene rings is 1. The van der Waals surface area contributed by atoms with Crippen molar-refractivity contribution in [3.8, 4) is 6.07 Å². The largest absolute Gasteiger partial charge is 0.419 e. The van der Waals surface area contributed by atoms with E-state index in [-0.39, 0.29) is 65.7 Å². The third-order valence-corrected chi connectivity index (χ3v) is 11.6. The van der Waals surface area contributed by atoms with E-state index in [9.17, 15) is 32.3 Å². The predicted molar refractivity (Wildman–Crippen MR) is 209 cm³/mol. The molecule has 1 aromatic carbocycles. The van der Waals surface area contributed by atoms with Crippen LogP contribution >= 0.6 is 12.2 Å². The molecule has 3 saturated heterocycles. The molecule has 4 heterocycles. The van der Waals surface area contributed by atoms with Gasteiger partial charge < -0.3 is 20.3 Å². The number of piperidine rings is 1. The topological polar surface area (TPSA) is 163 Å². The van der Waals surface area contributed by atoms with Crippen molar-refractivity contribution in [2.45, 2.75) is 108 Å². The molecular weight excluding hydrogens is 764 g/mol. The number of pyridine rings is 1. The summed E-state index contributed by atoms with van der Waals surface area (Å²) in [4.78, 5) is 61.5. The van der Waals surface area contributed by atoms with Crippen LogP contribution in [-0.2, 0) is 30.1 Å². The van der Waals surface area contributed by atoms with Crippen LogP contribution in [0.3, 0.4) is 0 Å². The minimum Gasteiger partial charge on any atom is -0.377 e. The van der Waals surface area contributed by atoms with Gasteiger partial charge in [-0.2, -0.15) is 18.4 Å². The number of carbonyl (C=O) groups excluding carboxylic acids is 4. The SMILES string of the molecule is C[C@@H]1CN(CCO[C@H]2CC[C@H](N3C(=S)N(c4cnc(C#N)c(C(F)(F)F)c4)C(=O)C3(C)C)CC2)C[C@H](C)N1CC(=O)Nc1cccc(NC2CCC(=O)NC2=O)c1. The van der Waals surface area contributed by atoms with Gasteiger partial charge in [0.2, 0.25) is 17.7 Å². The predicted octanol–water partition coefficient (Wildman–Crippen LogP) is 4.26. The Morgan fingerprint density at radius 1 is 1.07 bits per heavy atom. The average molecular weight is 812 g/mol. The Morgan fingerprint density at radius 2 is 1.75 bits per heavy atom. The minimum absolute atomic E-state index is 0.0157. The molecule has 4 aliphatic rings. The van der Waals surface area contributed by atoms with Crippen molar-refractivity contribution in [1.82, 2.24) is 25.0 Å². The van der Waals surface area contributed by atoms with Crippen LogP contribution in [0.1, 0.15) is 77.5 Å². The van der Waals surface area contributed by atoms with E-state index in [0.717, 1.165) is 49.6 Å². The Balaban J connectivity index is 0.943. The number of alkyl halides is 3. The van der Waals surface area contributed by atoms with Crippen molar-refractivity contribution in [1.29, 1.82) is 5.26 Å². The fourth-order valence-corrected chi connectivity index (χ4v) is 8.96. The van der Waals surface area contributed by atoms with E-state index in [1.807, 2.05) is 4.90 Å². The fraction of sp³-hybridized carbons (Fsp3) is 0.564. The third-order valence-electron chi connectivity index (χ3n) is 11.3. The zero-order valence-corrected chi connectivity index (χ0v) is 33.2. The summed E-state index contributed by atoms with van der Waals surface area (Å²) >= 11 is 5.71. The molecule has 4 fully saturated rings. The lowest BCUT2D eigenvalue weighted by Crippen LogP contribution is -2.58. The highest BCUT2D eigenvalue weighted by Crippen LogP contribution is 2.40. The number of aromatic nitrogens is 1. The summed E-state index contributed by atoms with van der Waals surface area (Å²) in [5.41, 5.74) is -1.94. The van der Waals surface area contributed by atoms with Gasteiger partial charge in [0.15, 0.2) is 10.8 Å². The van der Waals surface area contributed by atoms with Crippen LogP contribution in [0.25, 0.3) is 0 Å². The molecule has 1 unspecified atom stereocenters. The summed E-state index contributed by atoms with van der Waals surface area (Å²) in [5, 5.41) is 17.7. The fourth-order valence-electron chi connectivity index (χ4n) is 8.40. The average Bonchev–Trinajstić information content (AvgIpc) is 3.32. The molecule has 0 spiro atoms. The number of piperazine rings is 1. The first kappa shape index (κ1) is 41.9. The van der Waals surface area contributed by atoms with Crippen molar-refractivity contribution in [3.05, 3.63) is 47.8 Å². The first-order chi connectivity index (χ1) is 27.0. The summed E-state index contributed by atoms with van der Waals surface area (Å²) < 4.78 is 47.4. The number of hydrogen-bond acceptors (Lipinski definition) is 11. The second-order valence-electron chi connectivity index (χ2n) is 15.8. The van der Waals surface area contributed by atoms with E-state index in [1.54, 1.807) is 38.1 Å². The Morgan fingerprint density at radius 3 is 2.40 bits per heavy atom. The number of anilines is 3. The van der Waals surface area contributed by atoms with Crippen molar-refractivity contribution in [3.63, 3.8) is 0 Å². The number of imide groups is 1. The molecule has 6 rings (SSSR count). The van der Waals surface area contributed by atoms with Gasteiger partial charge in [0.25, 0.3) is 5.91 Å². The van der Waals surface area contributed by atoms with Crippen molar-refractivity contribution in [2.75, 3.05) is 48.3 Å². The molecule has 306 valence electrons. The van der Waals surface area contributed by atoms with E-state index < -0.39 is 34.9 Å². The molecule has 3 atom stereocenters. The molecule has 1 aromatic heterocycles. The lowest BCUT2D eigenvalue weighted by Gasteiger charge is -2.44. The second-order valence-corrected chi connectivity index (χ2v) is 16.1. The van der Waals surface area contributed by atoms with E-state index in [1.165, 1.54) is 6.07 Å². The standard InChI is InChI=1S/C39H48F3N9O5S/c1-23-20-48(21-24(2)49(23)22-34(53)46-26-7-5-6-25(16-26)45-31-12-13-33(52)47-35(31)54)14-15-56-29-10-8-27(9-11-29)51-37(57)50(36(55)38(51,3)4)28-17-30(39(40,41)42)32(18-43)44-19-28/h5-7,16-17,19,23-24,27,29,31,45H,8-15,20-22H2,1-4H3,(H,46,53)(H,47,52,54)/t23-,24+,27-,29-,31?. The second kappa shape index (κ2) is 17.0. The summed E-state index contributed by atoms with van der Waals surface area (Å²) in [6, 6.07) is 8.97. The number of rotatable bonds is 11. The van der Waals surface area contributed by atoms with Gasteiger partial charge in [-0.25, -0.2) is 4.98 Å². The molecule has 1 saturated carbocycles. The molecule has 4 amide bonds. The quantitative estimate of drug-likeness (QED) is 0.219. The number of hydrogen-bond donors (Lipinski definition) is 3. The zero-order chi connectivity index (χ0) is 41.2. The highest BCUT2D eigenvalue weighted by molar-refractivity contribution is 7.80. The van der Waals surface area contributed by atoms with Gasteiger partial charge in [0, 0.05) is 55.6 Å². The Labute approximate surface area is 335 Å². The normalized spacial score (nSPS) is 26.0. The maximum atomic E-state index is 13.7. The molecule has 2 aromatic rings. The maximum Gasteiger partial charge on any atom is 0.419 e. The molecule has 0 bridgehead atoms. The van der Waals surface area contributed by atoms with Gasteiger partial charge in [-0.05, 0) is 96.3 Å². The van der Waals surface area contributed by atoms with Crippen molar-refractivity contribution >= 4 is 58.0 Å². The van der Waals surface area contributed by atoms with Crippen molar-refractivity contribution < 1.29 is 37.1 Å². The van der Waals surface area contributed by atoms with Gasteiger partial charge >= 0.3 is 6.18 Å². The van der Waals surface area contributed by atoms with Gasteiger partial charge in [0.05, 0.1) is 36.7 Å². The number of ether oxygens (including phenoxy) is 1. The van der Waals surface area contributed by atoms with E-state index in [4.69, 9.17) is 22.2 Å². The number of nitrogens with zero attached hydrogens (tertiary/aromatic N) is 6. The van der Waals surface area contributed by atoms with Crippen LogP contribution in [0.2, 0.25) is 0 Å². The van der Waals surface area contributed by atoms with Gasteiger partial charge in [-0.15, -0.1) is 0 Å². The first-order valence-electron chi connectivity index (χ1n) is 19.2. The van der Waals surface area contributed by atoms with Gasteiger partial charge in [-0.3, -0.25) is 39.2 Å². The summed E-state index contributed by atoms with van der Waals surface area (Å²) in [5.74, 6) is -1.24. The number of halogens is 3. The number of nitrogens with one attached hydrogen (secondary N) is 3. The molecule has 3 N–H and O–H groups in total. The van der Waals surface area contributed by atoms with Crippen LogP contribution < -0.4 is 20.9 Å². The molecule has 0 radical (unpaired) electrons. The van der Waals surface area contributed by atoms with Crippen LogP contribution in [0, 0.1) is 11.3 Å². The molecule has 1 aliphatic carbocycles. The lowest BCUT2D eigenvalue weighted by atomic mass is 9.89. The number of nitriles is 1. The lowest BCUT2D eigenvalue weighted by molar-refractivity contribution is -0.138. The highest BCUT2D eigenvalue weighted by Gasteiger charge is 2.53. The zero-order valence-electron chi connectivity index (χ0n) is 32.4. The van der Waals surface area contributed by atoms with E-state index in [0.29, 0.717) is 37.2 Å². The molecule has 18 heteroatoms.